The van der Waals surface area contributed by atoms with Gasteiger partial charge < -0.3 is 5.32 Å². The van der Waals surface area contributed by atoms with E-state index in [-0.39, 0.29) is 5.41 Å². The summed E-state index contributed by atoms with van der Waals surface area (Å²) in [6.07, 6.45) is 4.39. The number of hydrogen-bond donors (Lipinski definition) is 1. The van der Waals surface area contributed by atoms with Gasteiger partial charge in [-0.2, -0.15) is 5.10 Å². The standard InChI is InChI=1S/C16H21N3/c1-3-17-15(14-9-12-18-19(14)2)16(10-11-16)13-7-5-4-6-8-13/h4-9,12,15,17H,3,10-11H2,1-2H3. The van der Waals surface area contributed by atoms with Crippen LogP contribution in [-0.4, -0.2) is 16.3 Å². The van der Waals surface area contributed by atoms with Crippen molar-refractivity contribution in [2.24, 2.45) is 7.05 Å². The first-order valence-electron chi connectivity index (χ1n) is 7.05. The van der Waals surface area contributed by atoms with Gasteiger partial charge in [0.25, 0.3) is 0 Å². The highest BCUT2D eigenvalue weighted by Crippen LogP contribution is 2.56. The van der Waals surface area contributed by atoms with Gasteiger partial charge in [-0.3, -0.25) is 4.68 Å². The minimum Gasteiger partial charge on any atom is -0.308 e. The van der Waals surface area contributed by atoms with E-state index in [0.717, 1.165) is 6.54 Å². The lowest BCUT2D eigenvalue weighted by molar-refractivity contribution is 0.414. The van der Waals surface area contributed by atoms with Crippen LogP contribution >= 0.6 is 0 Å². The minimum atomic E-state index is 0.255. The zero-order chi connectivity index (χ0) is 13.3. The number of aryl methyl sites for hydroxylation is 1. The topological polar surface area (TPSA) is 29.9 Å². The van der Waals surface area contributed by atoms with Gasteiger partial charge in [0.15, 0.2) is 0 Å². The molecule has 19 heavy (non-hydrogen) atoms. The van der Waals surface area contributed by atoms with Gasteiger partial charge in [-0.25, -0.2) is 0 Å². The summed E-state index contributed by atoms with van der Waals surface area (Å²) >= 11 is 0. The van der Waals surface area contributed by atoms with E-state index in [1.807, 2.05) is 17.9 Å². The molecule has 1 heterocycles. The third-order valence-electron chi connectivity index (χ3n) is 4.25. The summed E-state index contributed by atoms with van der Waals surface area (Å²) in [5, 5.41) is 8.00. The molecule has 1 aliphatic rings. The Morgan fingerprint density at radius 2 is 2.00 bits per heavy atom. The lowest BCUT2D eigenvalue weighted by atomic mass is 9.86. The highest BCUT2D eigenvalue weighted by atomic mass is 15.3. The number of likely N-dealkylation sites (N-methyl/N-ethyl adjacent to an activating group) is 1. The number of benzene rings is 1. The fourth-order valence-electron chi connectivity index (χ4n) is 3.10. The first-order chi connectivity index (χ1) is 9.28. The largest absolute Gasteiger partial charge is 0.308 e. The Kier molecular flexibility index (Phi) is 3.15. The number of nitrogens with one attached hydrogen (secondary N) is 1. The van der Waals surface area contributed by atoms with Crippen LogP contribution in [0.2, 0.25) is 0 Å². The molecule has 1 saturated carbocycles. The third kappa shape index (κ3) is 2.08. The van der Waals surface area contributed by atoms with E-state index in [2.05, 4.69) is 53.7 Å². The van der Waals surface area contributed by atoms with E-state index in [4.69, 9.17) is 0 Å². The van der Waals surface area contributed by atoms with Crippen molar-refractivity contribution in [3.05, 3.63) is 53.9 Å². The molecule has 1 unspecified atom stereocenters. The lowest BCUT2D eigenvalue weighted by Gasteiger charge is -2.28. The van der Waals surface area contributed by atoms with Gasteiger partial charge in [-0.1, -0.05) is 37.3 Å². The van der Waals surface area contributed by atoms with Crippen molar-refractivity contribution in [3.63, 3.8) is 0 Å². The van der Waals surface area contributed by atoms with E-state index in [9.17, 15) is 0 Å². The molecule has 0 spiro atoms. The Hall–Kier alpha value is -1.61. The number of aromatic nitrogens is 2. The van der Waals surface area contributed by atoms with Crippen molar-refractivity contribution in [1.29, 1.82) is 0 Å². The van der Waals surface area contributed by atoms with Crippen molar-refractivity contribution in [2.75, 3.05) is 6.54 Å². The Labute approximate surface area is 114 Å². The van der Waals surface area contributed by atoms with E-state index >= 15 is 0 Å². The molecule has 1 aromatic heterocycles. The van der Waals surface area contributed by atoms with Gasteiger partial charge in [0.05, 0.1) is 11.7 Å². The van der Waals surface area contributed by atoms with Crippen LogP contribution in [0.4, 0.5) is 0 Å². The molecule has 1 atom stereocenters. The van der Waals surface area contributed by atoms with Gasteiger partial charge in [-0.15, -0.1) is 0 Å². The molecule has 100 valence electrons. The fourth-order valence-corrected chi connectivity index (χ4v) is 3.10. The van der Waals surface area contributed by atoms with Crippen LogP contribution in [0, 0.1) is 0 Å². The summed E-state index contributed by atoms with van der Waals surface area (Å²) in [5.74, 6) is 0. The maximum Gasteiger partial charge on any atom is 0.0589 e. The average molecular weight is 255 g/mol. The first-order valence-corrected chi connectivity index (χ1v) is 7.05. The Bertz CT molecular complexity index is 540. The van der Waals surface area contributed by atoms with Crippen LogP contribution in [0.1, 0.15) is 37.1 Å². The van der Waals surface area contributed by atoms with Crippen LogP contribution in [0.25, 0.3) is 0 Å². The van der Waals surface area contributed by atoms with Crippen LogP contribution < -0.4 is 5.32 Å². The predicted octanol–water partition coefficient (Wildman–Crippen LogP) is 2.80. The molecule has 1 N–H and O–H groups in total. The molecule has 0 radical (unpaired) electrons. The number of rotatable bonds is 5. The zero-order valence-corrected chi connectivity index (χ0v) is 11.6. The monoisotopic (exact) mass is 255 g/mol. The molecule has 0 bridgehead atoms. The van der Waals surface area contributed by atoms with Crippen molar-refractivity contribution in [1.82, 2.24) is 15.1 Å². The van der Waals surface area contributed by atoms with Gasteiger partial charge in [0, 0.05) is 18.7 Å². The molecule has 2 aromatic rings. The molecule has 3 nitrogen and oxygen atoms in total. The second kappa shape index (κ2) is 4.82. The van der Waals surface area contributed by atoms with E-state index < -0.39 is 0 Å². The quantitative estimate of drug-likeness (QED) is 0.890. The van der Waals surface area contributed by atoms with Crippen LogP contribution in [0.15, 0.2) is 42.6 Å². The molecule has 0 aliphatic heterocycles. The molecule has 1 aliphatic carbocycles. The van der Waals surface area contributed by atoms with Crippen molar-refractivity contribution >= 4 is 0 Å². The Morgan fingerprint density at radius 1 is 1.26 bits per heavy atom. The Morgan fingerprint density at radius 3 is 2.53 bits per heavy atom. The zero-order valence-electron chi connectivity index (χ0n) is 11.6. The van der Waals surface area contributed by atoms with Crippen LogP contribution in [-0.2, 0) is 12.5 Å². The third-order valence-corrected chi connectivity index (χ3v) is 4.25. The second-order valence-electron chi connectivity index (χ2n) is 5.39. The van der Waals surface area contributed by atoms with E-state index in [1.54, 1.807) is 0 Å². The molecule has 3 rings (SSSR count). The molecular weight excluding hydrogens is 234 g/mol. The van der Waals surface area contributed by atoms with E-state index in [1.165, 1.54) is 24.1 Å². The molecule has 3 heteroatoms. The van der Waals surface area contributed by atoms with Crippen molar-refractivity contribution < 1.29 is 0 Å². The summed E-state index contributed by atoms with van der Waals surface area (Å²) in [4.78, 5) is 0. The summed E-state index contributed by atoms with van der Waals surface area (Å²) in [6, 6.07) is 13.4. The summed E-state index contributed by atoms with van der Waals surface area (Å²) in [7, 11) is 2.03. The molecule has 1 fully saturated rings. The fraction of sp³-hybridized carbons (Fsp3) is 0.438. The first kappa shape index (κ1) is 12.4. The summed E-state index contributed by atoms with van der Waals surface area (Å²) < 4.78 is 2.00. The maximum atomic E-state index is 4.33. The van der Waals surface area contributed by atoms with Gasteiger partial charge in [0.1, 0.15) is 0 Å². The van der Waals surface area contributed by atoms with Crippen molar-refractivity contribution in [2.45, 2.75) is 31.2 Å². The SMILES string of the molecule is CCNC(c1ccnn1C)C1(c2ccccc2)CC1. The highest BCUT2D eigenvalue weighted by molar-refractivity contribution is 5.36. The smallest absolute Gasteiger partial charge is 0.0589 e. The highest BCUT2D eigenvalue weighted by Gasteiger charge is 2.51. The molecule has 0 amide bonds. The number of hydrogen-bond acceptors (Lipinski definition) is 2. The molecule has 0 saturated heterocycles. The van der Waals surface area contributed by atoms with Gasteiger partial charge >= 0.3 is 0 Å². The molecular formula is C16H21N3. The van der Waals surface area contributed by atoms with Crippen molar-refractivity contribution in [3.8, 4) is 0 Å². The average Bonchev–Trinajstić information content (AvgIpc) is 3.14. The maximum absolute atomic E-state index is 4.33. The van der Waals surface area contributed by atoms with Gasteiger partial charge in [-0.05, 0) is 31.0 Å². The second-order valence-corrected chi connectivity index (χ2v) is 5.39. The number of nitrogens with zero attached hydrogens (tertiary/aromatic N) is 2. The lowest BCUT2D eigenvalue weighted by Crippen LogP contribution is -2.33. The normalized spacial score (nSPS) is 18.2. The van der Waals surface area contributed by atoms with E-state index in [0.29, 0.717) is 6.04 Å². The Balaban J connectivity index is 1.99. The minimum absolute atomic E-state index is 0.255. The molecule has 1 aromatic carbocycles. The van der Waals surface area contributed by atoms with Crippen LogP contribution in [0.3, 0.4) is 0 Å². The summed E-state index contributed by atoms with van der Waals surface area (Å²) in [5.41, 5.74) is 2.98. The van der Waals surface area contributed by atoms with Crippen LogP contribution in [0.5, 0.6) is 0 Å². The summed E-state index contributed by atoms with van der Waals surface area (Å²) in [6.45, 7) is 3.15. The predicted molar refractivity (Wildman–Crippen MR) is 77.0 cm³/mol. The van der Waals surface area contributed by atoms with Gasteiger partial charge in [0.2, 0.25) is 0 Å².